The molecule has 104 valence electrons. The molecule has 0 saturated carbocycles. The first-order valence-corrected chi connectivity index (χ1v) is 6.21. The van der Waals surface area contributed by atoms with E-state index >= 15 is 0 Å². The number of aliphatic carboxylic acids is 1. The van der Waals surface area contributed by atoms with Gasteiger partial charge in [-0.25, -0.2) is 4.39 Å². The minimum absolute atomic E-state index is 0.0115. The van der Waals surface area contributed by atoms with Crippen LogP contribution in [0.25, 0.3) is 0 Å². The molecule has 1 unspecified atom stereocenters. The zero-order valence-electron chi connectivity index (χ0n) is 10.2. The van der Waals surface area contributed by atoms with Gasteiger partial charge in [-0.1, -0.05) is 6.07 Å². The van der Waals surface area contributed by atoms with Crippen LogP contribution in [0.2, 0.25) is 0 Å². The first-order valence-electron chi connectivity index (χ1n) is 5.42. The molecule has 0 bridgehead atoms. The van der Waals surface area contributed by atoms with Gasteiger partial charge < -0.3 is 15.2 Å². The maximum absolute atomic E-state index is 13.5. The van der Waals surface area contributed by atoms with Crippen LogP contribution in [0.5, 0.6) is 0 Å². The van der Waals surface area contributed by atoms with Crippen LogP contribution in [0.3, 0.4) is 0 Å². The van der Waals surface area contributed by atoms with Gasteiger partial charge in [-0.3, -0.25) is 9.59 Å². The van der Waals surface area contributed by atoms with Gasteiger partial charge in [0.2, 0.25) is 0 Å². The van der Waals surface area contributed by atoms with Crippen LogP contribution in [0.1, 0.15) is 16.8 Å². The maximum Gasteiger partial charge on any atom is 0.306 e. The molecule has 0 aliphatic heterocycles. The third kappa shape index (κ3) is 4.60. The number of halogens is 2. The van der Waals surface area contributed by atoms with Crippen LogP contribution < -0.4 is 5.32 Å². The molecule has 1 atom stereocenters. The number of hydrogen-bond donors (Lipinski definition) is 2. The molecule has 1 rings (SSSR count). The van der Waals surface area contributed by atoms with E-state index in [0.717, 1.165) is 0 Å². The fourth-order valence-electron chi connectivity index (χ4n) is 1.44. The topological polar surface area (TPSA) is 75.6 Å². The summed E-state index contributed by atoms with van der Waals surface area (Å²) in [7, 11) is 1.35. The van der Waals surface area contributed by atoms with Gasteiger partial charge in [0.1, 0.15) is 5.82 Å². The summed E-state index contributed by atoms with van der Waals surface area (Å²) in [6, 6.07) is 4.19. The van der Waals surface area contributed by atoms with Gasteiger partial charge in [0.25, 0.3) is 5.91 Å². The van der Waals surface area contributed by atoms with Gasteiger partial charge in [-0.05, 0) is 28.1 Å². The second-order valence-electron chi connectivity index (χ2n) is 3.76. The van der Waals surface area contributed by atoms with Crippen LogP contribution in [0, 0.1) is 5.82 Å². The van der Waals surface area contributed by atoms with Crippen molar-refractivity contribution in [3.8, 4) is 0 Å². The highest BCUT2D eigenvalue weighted by molar-refractivity contribution is 9.10. The van der Waals surface area contributed by atoms with Crippen molar-refractivity contribution in [3.05, 3.63) is 34.1 Å². The summed E-state index contributed by atoms with van der Waals surface area (Å²) in [5, 5.41) is 11.1. The second kappa shape index (κ2) is 7.20. The monoisotopic (exact) mass is 333 g/mol. The van der Waals surface area contributed by atoms with Crippen molar-refractivity contribution >= 4 is 27.8 Å². The van der Waals surface area contributed by atoms with E-state index in [0.29, 0.717) is 4.47 Å². The van der Waals surface area contributed by atoms with Crippen molar-refractivity contribution in [1.82, 2.24) is 5.32 Å². The Balaban J connectivity index is 2.67. The molecule has 0 aromatic heterocycles. The molecule has 1 aromatic rings. The molecule has 0 fully saturated rings. The number of nitrogens with one attached hydrogen (secondary N) is 1. The Bertz CT molecular complexity index is 461. The summed E-state index contributed by atoms with van der Waals surface area (Å²) in [6.45, 7) is -0.0115. The largest absolute Gasteiger partial charge is 0.481 e. The second-order valence-corrected chi connectivity index (χ2v) is 4.62. The molecular weight excluding hydrogens is 321 g/mol. The number of methoxy groups -OCH3 is 1. The van der Waals surface area contributed by atoms with Crippen molar-refractivity contribution < 1.29 is 23.8 Å². The van der Waals surface area contributed by atoms with Crippen molar-refractivity contribution in [2.45, 2.75) is 12.5 Å². The van der Waals surface area contributed by atoms with Crippen LogP contribution in [0.4, 0.5) is 4.39 Å². The van der Waals surface area contributed by atoms with Gasteiger partial charge in [0, 0.05) is 18.1 Å². The summed E-state index contributed by atoms with van der Waals surface area (Å²) >= 11 is 3.09. The van der Waals surface area contributed by atoms with Gasteiger partial charge in [-0.15, -0.1) is 0 Å². The van der Waals surface area contributed by atoms with Crippen molar-refractivity contribution in [2.24, 2.45) is 0 Å². The summed E-state index contributed by atoms with van der Waals surface area (Å²) in [5.41, 5.74) is -0.118. The molecule has 0 aliphatic carbocycles. The Kier molecular flexibility index (Phi) is 5.91. The number of ether oxygens (including phenoxy) is 1. The molecule has 0 spiro atoms. The van der Waals surface area contributed by atoms with Gasteiger partial charge in [0.05, 0.1) is 18.1 Å². The molecule has 0 heterocycles. The molecular formula is C12H13BrFNO4. The smallest absolute Gasteiger partial charge is 0.306 e. The first kappa shape index (κ1) is 15.6. The van der Waals surface area contributed by atoms with E-state index in [2.05, 4.69) is 21.2 Å². The minimum atomic E-state index is -1.03. The Hall–Kier alpha value is -1.47. The highest BCUT2D eigenvalue weighted by atomic mass is 79.9. The van der Waals surface area contributed by atoms with Crippen LogP contribution in [0.15, 0.2) is 22.7 Å². The molecule has 7 heteroatoms. The molecule has 0 aliphatic rings. The molecule has 0 radical (unpaired) electrons. The molecule has 1 amide bonds. The normalized spacial score (nSPS) is 11.9. The minimum Gasteiger partial charge on any atom is -0.481 e. The van der Waals surface area contributed by atoms with Crippen molar-refractivity contribution in [1.29, 1.82) is 0 Å². The molecule has 5 nitrogen and oxygen atoms in total. The molecule has 0 saturated heterocycles. The number of carboxylic acid groups (broad SMARTS) is 1. The number of carboxylic acids is 1. The highest BCUT2D eigenvalue weighted by Gasteiger charge is 2.18. The third-order valence-electron chi connectivity index (χ3n) is 2.42. The van der Waals surface area contributed by atoms with Crippen LogP contribution >= 0.6 is 15.9 Å². The van der Waals surface area contributed by atoms with Crippen molar-refractivity contribution in [2.75, 3.05) is 13.7 Å². The average molecular weight is 334 g/mol. The zero-order valence-corrected chi connectivity index (χ0v) is 11.7. The van der Waals surface area contributed by atoms with Crippen molar-refractivity contribution in [3.63, 3.8) is 0 Å². The molecule has 1 aromatic carbocycles. The van der Waals surface area contributed by atoms with E-state index in [4.69, 9.17) is 9.84 Å². The lowest BCUT2D eigenvalue weighted by Gasteiger charge is -2.14. The quantitative estimate of drug-likeness (QED) is 0.832. The highest BCUT2D eigenvalue weighted by Crippen LogP contribution is 2.19. The van der Waals surface area contributed by atoms with E-state index in [9.17, 15) is 14.0 Å². The number of rotatable bonds is 6. The van der Waals surface area contributed by atoms with Crippen LogP contribution in [-0.4, -0.2) is 36.7 Å². The predicted octanol–water partition coefficient (Wildman–Crippen LogP) is 1.81. The Morgan fingerprint density at radius 1 is 1.53 bits per heavy atom. The number of benzene rings is 1. The summed E-state index contributed by atoms with van der Waals surface area (Å²) < 4.78 is 18.7. The lowest BCUT2D eigenvalue weighted by molar-refractivity contribution is -0.139. The van der Waals surface area contributed by atoms with Crippen LogP contribution in [-0.2, 0) is 9.53 Å². The summed E-state index contributed by atoms with van der Waals surface area (Å²) in [4.78, 5) is 22.3. The van der Waals surface area contributed by atoms with E-state index in [-0.39, 0.29) is 18.5 Å². The Labute approximate surface area is 117 Å². The Morgan fingerprint density at radius 2 is 2.21 bits per heavy atom. The number of hydrogen-bond acceptors (Lipinski definition) is 3. The number of carbonyl (C=O) groups excluding carboxylic acids is 1. The average Bonchev–Trinajstić information content (AvgIpc) is 2.33. The lowest BCUT2D eigenvalue weighted by atomic mass is 10.2. The number of carbonyl (C=O) groups is 2. The van der Waals surface area contributed by atoms with E-state index in [1.54, 1.807) is 6.07 Å². The predicted molar refractivity (Wildman–Crippen MR) is 69.5 cm³/mol. The number of amides is 1. The van der Waals surface area contributed by atoms with Gasteiger partial charge in [-0.2, -0.15) is 0 Å². The summed E-state index contributed by atoms with van der Waals surface area (Å²) in [6.07, 6.45) is -0.901. The SMILES string of the molecule is COC(CNC(=O)c1c(F)cccc1Br)CC(=O)O. The third-order valence-corrected chi connectivity index (χ3v) is 3.08. The Morgan fingerprint density at radius 3 is 2.74 bits per heavy atom. The van der Waals surface area contributed by atoms with Gasteiger partial charge >= 0.3 is 5.97 Å². The van der Waals surface area contributed by atoms with E-state index < -0.39 is 23.8 Å². The molecule has 2 N–H and O–H groups in total. The van der Waals surface area contributed by atoms with E-state index in [1.807, 2.05) is 0 Å². The fraction of sp³-hybridized carbons (Fsp3) is 0.333. The first-order chi connectivity index (χ1) is 8.95. The zero-order chi connectivity index (χ0) is 14.4. The summed E-state index contributed by atoms with van der Waals surface area (Å²) in [5.74, 6) is -2.32. The standard InChI is InChI=1S/C12H13BrFNO4/c1-19-7(5-10(16)17)6-15-12(18)11-8(13)3-2-4-9(11)14/h2-4,7H,5-6H2,1H3,(H,15,18)(H,16,17). The maximum atomic E-state index is 13.5. The lowest BCUT2D eigenvalue weighted by Crippen LogP contribution is -2.35. The molecule has 19 heavy (non-hydrogen) atoms. The van der Waals surface area contributed by atoms with Gasteiger partial charge in [0.15, 0.2) is 0 Å². The van der Waals surface area contributed by atoms with E-state index in [1.165, 1.54) is 19.2 Å². The fourth-order valence-corrected chi connectivity index (χ4v) is 1.97.